The van der Waals surface area contributed by atoms with Gasteiger partial charge in [0.1, 0.15) is 0 Å². The van der Waals surface area contributed by atoms with E-state index in [2.05, 4.69) is 5.32 Å². The lowest BCUT2D eigenvalue weighted by molar-refractivity contribution is 0.0510. The molecule has 1 aromatic carbocycles. The van der Waals surface area contributed by atoms with Crippen molar-refractivity contribution in [1.29, 1.82) is 0 Å². The third-order valence-corrected chi connectivity index (χ3v) is 2.79. The van der Waals surface area contributed by atoms with Gasteiger partial charge in [0.15, 0.2) is 0 Å². The van der Waals surface area contributed by atoms with Crippen LogP contribution in [0.25, 0.3) is 0 Å². The van der Waals surface area contributed by atoms with E-state index in [-0.39, 0.29) is 13.2 Å². The number of halogens is 2. The first kappa shape index (κ1) is 16.4. The summed E-state index contributed by atoms with van der Waals surface area (Å²) in [6.07, 6.45) is -2.63. The molecule has 0 aliphatic rings. The Bertz CT molecular complexity index is 453. The average Bonchev–Trinajstić information content (AvgIpc) is 2.37. The molecule has 6 heteroatoms. The summed E-state index contributed by atoms with van der Waals surface area (Å²) < 4.78 is 25.0. The van der Waals surface area contributed by atoms with Crippen molar-refractivity contribution in [2.75, 3.05) is 31.6 Å². The summed E-state index contributed by atoms with van der Waals surface area (Å²) >= 11 is 0. The van der Waals surface area contributed by atoms with Gasteiger partial charge >= 0.3 is 0 Å². The van der Waals surface area contributed by atoms with Crippen molar-refractivity contribution in [3.63, 3.8) is 0 Å². The molecule has 0 fully saturated rings. The minimum atomic E-state index is -2.63. The smallest absolute Gasteiger partial charge is 0.256 e. The molecule has 0 aliphatic heterocycles. The Balaban J connectivity index is 3.03. The normalized spacial score (nSPS) is 10.7. The third kappa shape index (κ3) is 4.45. The topological polar surface area (TPSA) is 52.6 Å². The van der Waals surface area contributed by atoms with E-state index in [0.29, 0.717) is 17.8 Å². The number of aryl methyl sites for hydroxylation is 1. The lowest BCUT2D eigenvalue weighted by Gasteiger charge is -2.23. The van der Waals surface area contributed by atoms with Gasteiger partial charge in [0.2, 0.25) is 0 Å². The molecule has 0 bridgehead atoms. The Labute approximate surface area is 117 Å². The van der Waals surface area contributed by atoms with Crippen LogP contribution in [-0.4, -0.2) is 48.6 Å². The number of aliphatic hydroxyl groups is 1. The zero-order chi connectivity index (χ0) is 15.1. The van der Waals surface area contributed by atoms with Crippen LogP contribution in [0, 0.1) is 6.92 Å². The number of carbonyl (C=O) groups is 1. The van der Waals surface area contributed by atoms with Crippen molar-refractivity contribution in [2.45, 2.75) is 20.3 Å². The maximum absolute atomic E-state index is 12.5. The van der Waals surface area contributed by atoms with E-state index in [9.17, 15) is 13.6 Å². The summed E-state index contributed by atoms with van der Waals surface area (Å²) in [7, 11) is 0. The lowest BCUT2D eigenvalue weighted by Crippen LogP contribution is -2.37. The number of nitrogens with zero attached hydrogens (tertiary/aromatic N) is 1. The van der Waals surface area contributed by atoms with Gasteiger partial charge < -0.3 is 15.3 Å². The molecule has 2 N–H and O–H groups in total. The van der Waals surface area contributed by atoms with Gasteiger partial charge in [0.25, 0.3) is 12.3 Å². The van der Waals surface area contributed by atoms with Crippen LogP contribution in [0.1, 0.15) is 22.8 Å². The number of hydrogen-bond donors (Lipinski definition) is 2. The largest absolute Gasteiger partial charge is 0.395 e. The van der Waals surface area contributed by atoms with E-state index in [1.54, 1.807) is 18.2 Å². The summed E-state index contributed by atoms with van der Waals surface area (Å²) in [4.78, 5) is 13.3. The monoisotopic (exact) mass is 286 g/mol. The molecular weight excluding hydrogens is 266 g/mol. The molecule has 20 heavy (non-hydrogen) atoms. The molecule has 0 aromatic heterocycles. The summed E-state index contributed by atoms with van der Waals surface area (Å²) in [5.41, 5.74) is 1.93. The van der Waals surface area contributed by atoms with Crippen molar-refractivity contribution >= 4 is 11.6 Å². The van der Waals surface area contributed by atoms with E-state index in [0.717, 1.165) is 10.5 Å². The molecule has 0 saturated heterocycles. The molecule has 4 nitrogen and oxygen atoms in total. The molecule has 0 atom stereocenters. The van der Waals surface area contributed by atoms with Crippen molar-refractivity contribution in [3.8, 4) is 0 Å². The van der Waals surface area contributed by atoms with Crippen LogP contribution in [0.5, 0.6) is 0 Å². The fourth-order valence-corrected chi connectivity index (χ4v) is 1.91. The fourth-order valence-electron chi connectivity index (χ4n) is 1.91. The van der Waals surface area contributed by atoms with Crippen LogP contribution < -0.4 is 5.32 Å². The number of rotatable bonds is 7. The molecule has 1 rings (SSSR count). The number of anilines is 1. The van der Waals surface area contributed by atoms with E-state index in [4.69, 9.17) is 5.11 Å². The van der Waals surface area contributed by atoms with Crippen LogP contribution in [0.2, 0.25) is 0 Å². The number of hydrogen-bond acceptors (Lipinski definition) is 3. The van der Waals surface area contributed by atoms with Crippen LogP contribution in [0.3, 0.4) is 0 Å². The first-order valence-electron chi connectivity index (χ1n) is 6.52. The number of carbonyl (C=O) groups excluding carboxylic acids is 1. The number of alkyl halides is 2. The highest BCUT2D eigenvalue weighted by Crippen LogP contribution is 2.20. The first-order chi connectivity index (χ1) is 9.49. The number of nitrogens with one attached hydrogen (secondary N) is 1. The molecule has 0 radical (unpaired) electrons. The zero-order valence-electron chi connectivity index (χ0n) is 11.7. The van der Waals surface area contributed by atoms with Crippen LogP contribution >= 0.6 is 0 Å². The van der Waals surface area contributed by atoms with Crippen molar-refractivity contribution in [3.05, 3.63) is 29.3 Å². The van der Waals surface area contributed by atoms with E-state index < -0.39 is 18.9 Å². The predicted molar refractivity (Wildman–Crippen MR) is 74.3 cm³/mol. The Morgan fingerprint density at radius 3 is 2.70 bits per heavy atom. The molecule has 0 heterocycles. The SMILES string of the molecule is CCNc1cc(C)ccc1C(=O)N(CCO)CC(F)F. The summed E-state index contributed by atoms with van der Waals surface area (Å²) in [6.45, 7) is 3.27. The molecule has 0 aliphatic carbocycles. The van der Waals surface area contributed by atoms with Gasteiger partial charge in [-0.15, -0.1) is 0 Å². The Kier molecular flexibility index (Phi) is 6.38. The van der Waals surface area contributed by atoms with Crippen LogP contribution in [0.15, 0.2) is 18.2 Å². The van der Waals surface area contributed by atoms with Gasteiger partial charge in [-0.2, -0.15) is 0 Å². The first-order valence-corrected chi connectivity index (χ1v) is 6.52. The minimum Gasteiger partial charge on any atom is -0.395 e. The standard InChI is InChI=1S/C14H20F2N2O2/c1-3-17-12-8-10(2)4-5-11(12)14(20)18(6-7-19)9-13(15)16/h4-5,8,13,17,19H,3,6-7,9H2,1-2H3. The number of benzene rings is 1. The second-order valence-electron chi connectivity index (χ2n) is 4.45. The molecule has 0 saturated carbocycles. The quantitative estimate of drug-likeness (QED) is 0.807. The van der Waals surface area contributed by atoms with Crippen molar-refractivity contribution in [2.24, 2.45) is 0 Å². The molecular formula is C14H20F2N2O2. The zero-order valence-corrected chi connectivity index (χ0v) is 11.7. The molecule has 0 unspecified atom stereocenters. The van der Waals surface area contributed by atoms with Gasteiger partial charge in [0, 0.05) is 18.8 Å². The average molecular weight is 286 g/mol. The highest BCUT2D eigenvalue weighted by atomic mass is 19.3. The lowest BCUT2D eigenvalue weighted by atomic mass is 10.1. The molecule has 112 valence electrons. The minimum absolute atomic E-state index is 0.109. The van der Waals surface area contributed by atoms with Gasteiger partial charge in [-0.05, 0) is 31.5 Å². The van der Waals surface area contributed by atoms with E-state index in [1.165, 1.54) is 0 Å². The summed E-state index contributed by atoms with van der Waals surface area (Å²) in [6, 6.07) is 5.18. The number of aliphatic hydroxyl groups excluding tert-OH is 1. The highest BCUT2D eigenvalue weighted by molar-refractivity contribution is 5.99. The molecule has 0 spiro atoms. The van der Waals surface area contributed by atoms with Gasteiger partial charge in [-0.25, -0.2) is 8.78 Å². The highest BCUT2D eigenvalue weighted by Gasteiger charge is 2.21. The molecule has 1 amide bonds. The maximum atomic E-state index is 12.5. The Morgan fingerprint density at radius 2 is 2.15 bits per heavy atom. The van der Waals surface area contributed by atoms with Crippen molar-refractivity contribution < 1.29 is 18.7 Å². The Hall–Kier alpha value is -1.69. The summed E-state index contributed by atoms with van der Waals surface area (Å²) in [5.74, 6) is -0.504. The molecule has 1 aromatic rings. The second kappa shape index (κ2) is 7.79. The Morgan fingerprint density at radius 1 is 1.45 bits per heavy atom. The van der Waals surface area contributed by atoms with Gasteiger partial charge in [-0.1, -0.05) is 6.07 Å². The van der Waals surface area contributed by atoms with Crippen molar-refractivity contribution in [1.82, 2.24) is 4.90 Å². The summed E-state index contributed by atoms with van der Waals surface area (Å²) in [5, 5.41) is 12.0. The van der Waals surface area contributed by atoms with E-state index in [1.807, 2.05) is 13.8 Å². The van der Waals surface area contributed by atoms with Crippen LogP contribution in [0.4, 0.5) is 14.5 Å². The van der Waals surface area contributed by atoms with E-state index >= 15 is 0 Å². The second-order valence-corrected chi connectivity index (χ2v) is 4.45. The fraction of sp³-hybridized carbons (Fsp3) is 0.500. The van der Waals surface area contributed by atoms with Crippen LogP contribution in [-0.2, 0) is 0 Å². The van der Waals surface area contributed by atoms with Gasteiger partial charge in [-0.3, -0.25) is 4.79 Å². The maximum Gasteiger partial charge on any atom is 0.256 e. The third-order valence-electron chi connectivity index (χ3n) is 2.79. The van der Waals surface area contributed by atoms with Gasteiger partial charge in [0.05, 0.1) is 18.7 Å². The number of amides is 1. The predicted octanol–water partition coefficient (Wildman–Crippen LogP) is 2.13.